The van der Waals surface area contributed by atoms with E-state index in [1.165, 1.54) is 6.20 Å². The Balaban J connectivity index is 2.67. The van der Waals surface area contributed by atoms with E-state index >= 15 is 0 Å². The number of nitrogen functional groups attached to an aromatic ring is 1. The van der Waals surface area contributed by atoms with Crippen LogP contribution in [0.5, 0.6) is 11.5 Å². The molecule has 1 heterocycles. The van der Waals surface area contributed by atoms with Crippen LogP contribution in [0, 0.1) is 11.3 Å². The molecule has 0 spiro atoms. The number of fused-ring (bicyclic) bond motifs is 1. The van der Waals surface area contributed by atoms with E-state index in [9.17, 15) is 0 Å². The van der Waals surface area contributed by atoms with Gasteiger partial charge in [-0.3, -0.25) is 4.98 Å². The van der Waals surface area contributed by atoms with E-state index < -0.39 is 0 Å². The van der Waals surface area contributed by atoms with Gasteiger partial charge < -0.3 is 15.2 Å². The lowest BCUT2D eigenvalue weighted by Gasteiger charge is -2.13. The molecule has 19 heavy (non-hydrogen) atoms. The number of ether oxygens (including phenoxy) is 2. The van der Waals surface area contributed by atoms with Gasteiger partial charge in [-0.25, -0.2) is 0 Å². The molecule has 0 atom stereocenters. The number of hydrogen-bond donors (Lipinski definition) is 1. The van der Waals surface area contributed by atoms with Gasteiger partial charge in [0, 0.05) is 17.6 Å². The second-order valence-electron chi connectivity index (χ2n) is 3.88. The summed E-state index contributed by atoms with van der Waals surface area (Å²) in [7, 11) is 0. The summed E-state index contributed by atoms with van der Waals surface area (Å²) in [6.45, 7) is 4.86. The molecule has 1 aromatic carbocycles. The number of hydrogen-bond acceptors (Lipinski definition) is 5. The number of benzene rings is 1. The maximum Gasteiger partial charge on any atom is 0.163 e. The molecule has 0 saturated carbocycles. The van der Waals surface area contributed by atoms with Gasteiger partial charge in [-0.2, -0.15) is 5.26 Å². The summed E-state index contributed by atoms with van der Waals surface area (Å²) in [5, 5.41) is 9.66. The first-order valence-corrected chi connectivity index (χ1v) is 6.09. The topological polar surface area (TPSA) is 81.2 Å². The Morgan fingerprint density at radius 2 is 1.84 bits per heavy atom. The number of aromatic nitrogens is 1. The van der Waals surface area contributed by atoms with Gasteiger partial charge in [0.2, 0.25) is 0 Å². The maximum atomic E-state index is 8.96. The van der Waals surface area contributed by atoms with Crippen LogP contribution in [-0.4, -0.2) is 18.2 Å². The van der Waals surface area contributed by atoms with E-state index in [-0.39, 0.29) is 0 Å². The Labute approximate surface area is 111 Å². The summed E-state index contributed by atoms with van der Waals surface area (Å²) >= 11 is 0. The minimum Gasteiger partial charge on any atom is -0.490 e. The molecule has 0 radical (unpaired) electrons. The first kappa shape index (κ1) is 13.0. The lowest BCUT2D eigenvalue weighted by molar-refractivity contribution is 0.288. The van der Waals surface area contributed by atoms with Crippen molar-refractivity contribution in [2.24, 2.45) is 0 Å². The van der Waals surface area contributed by atoms with Crippen LogP contribution in [0.4, 0.5) is 5.69 Å². The molecule has 0 aliphatic heterocycles. The van der Waals surface area contributed by atoms with E-state index in [0.29, 0.717) is 46.9 Å². The Hall–Kier alpha value is -2.48. The highest BCUT2D eigenvalue weighted by Gasteiger charge is 2.12. The van der Waals surface area contributed by atoms with Crippen molar-refractivity contribution in [3.05, 3.63) is 23.9 Å². The molecule has 0 fully saturated rings. The van der Waals surface area contributed by atoms with Crippen molar-refractivity contribution in [2.75, 3.05) is 18.9 Å². The van der Waals surface area contributed by atoms with Crippen LogP contribution in [0.2, 0.25) is 0 Å². The van der Waals surface area contributed by atoms with Gasteiger partial charge in [0.05, 0.1) is 30.0 Å². The molecule has 2 rings (SSSR count). The molecule has 0 unspecified atom stereocenters. The van der Waals surface area contributed by atoms with Crippen LogP contribution < -0.4 is 15.2 Å². The van der Waals surface area contributed by atoms with E-state index in [1.54, 1.807) is 12.1 Å². The quantitative estimate of drug-likeness (QED) is 0.910. The molecule has 5 nitrogen and oxygen atoms in total. The average molecular weight is 257 g/mol. The molecular weight excluding hydrogens is 242 g/mol. The first-order chi connectivity index (χ1) is 9.21. The van der Waals surface area contributed by atoms with Crippen LogP contribution in [0.1, 0.15) is 19.4 Å². The molecular formula is C14H15N3O2. The Morgan fingerprint density at radius 1 is 1.21 bits per heavy atom. The van der Waals surface area contributed by atoms with E-state index in [0.717, 1.165) is 0 Å². The summed E-state index contributed by atoms with van der Waals surface area (Å²) in [5.74, 6) is 1.24. The molecule has 5 heteroatoms. The third-order valence-corrected chi connectivity index (χ3v) is 2.70. The van der Waals surface area contributed by atoms with E-state index in [1.807, 2.05) is 19.9 Å². The molecule has 1 aromatic heterocycles. The minimum absolute atomic E-state index is 0.360. The highest BCUT2D eigenvalue weighted by molar-refractivity contribution is 5.94. The molecule has 0 amide bonds. The predicted molar refractivity (Wildman–Crippen MR) is 73.2 cm³/mol. The van der Waals surface area contributed by atoms with Crippen molar-refractivity contribution >= 4 is 16.6 Å². The van der Waals surface area contributed by atoms with Crippen molar-refractivity contribution in [1.82, 2.24) is 4.98 Å². The zero-order valence-corrected chi connectivity index (χ0v) is 10.9. The molecule has 0 aliphatic rings. The van der Waals surface area contributed by atoms with E-state index in [2.05, 4.69) is 4.98 Å². The fourth-order valence-electron chi connectivity index (χ4n) is 1.85. The van der Waals surface area contributed by atoms with Crippen molar-refractivity contribution in [3.63, 3.8) is 0 Å². The summed E-state index contributed by atoms with van der Waals surface area (Å²) in [6, 6.07) is 5.57. The molecule has 0 saturated heterocycles. The van der Waals surface area contributed by atoms with Crippen molar-refractivity contribution in [3.8, 4) is 17.6 Å². The summed E-state index contributed by atoms with van der Waals surface area (Å²) in [6.07, 6.45) is 1.47. The first-order valence-electron chi connectivity index (χ1n) is 6.09. The number of rotatable bonds is 4. The Morgan fingerprint density at radius 3 is 2.42 bits per heavy atom. The molecule has 0 aliphatic carbocycles. The van der Waals surface area contributed by atoms with E-state index in [4.69, 9.17) is 20.5 Å². The third kappa shape index (κ3) is 2.38. The fraction of sp³-hybridized carbons (Fsp3) is 0.286. The van der Waals surface area contributed by atoms with Crippen LogP contribution in [0.3, 0.4) is 0 Å². The standard InChI is InChI=1S/C14H15N3O2/c1-3-18-12-5-10-11(6-13(12)19-4-2)17-8-9(7-15)14(10)16/h5-6,8H,3-4H2,1-2H3,(H2,16,17). The summed E-state index contributed by atoms with van der Waals surface area (Å²) in [5.41, 5.74) is 7.42. The van der Waals surface area contributed by atoms with Crippen LogP contribution >= 0.6 is 0 Å². The van der Waals surface area contributed by atoms with Crippen LogP contribution in [0.15, 0.2) is 18.3 Å². The van der Waals surface area contributed by atoms with Gasteiger partial charge >= 0.3 is 0 Å². The second kappa shape index (κ2) is 5.44. The van der Waals surface area contributed by atoms with Crippen molar-refractivity contribution in [1.29, 1.82) is 5.26 Å². The normalized spacial score (nSPS) is 10.2. The number of nitriles is 1. The molecule has 98 valence electrons. The SMILES string of the molecule is CCOc1cc2ncc(C#N)c(N)c2cc1OCC. The Bertz CT molecular complexity index is 647. The smallest absolute Gasteiger partial charge is 0.163 e. The maximum absolute atomic E-state index is 8.96. The average Bonchev–Trinajstić information content (AvgIpc) is 2.41. The van der Waals surface area contributed by atoms with Gasteiger partial charge in [0.1, 0.15) is 6.07 Å². The zero-order valence-electron chi connectivity index (χ0n) is 10.9. The molecule has 0 bridgehead atoms. The van der Waals surface area contributed by atoms with Crippen LogP contribution in [-0.2, 0) is 0 Å². The summed E-state index contributed by atoms with van der Waals surface area (Å²) in [4.78, 5) is 4.22. The third-order valence-electron chi connectivity index (χ3n) is 2.70. The highest BCUT2D eigenvalue weighted by atomic mass is 16.5. The number of nitrogens with two attached hydrogens (primary N) is 1. The van der Waals surface area contributed by atoms with Gasteiger partial charge in [-0.05, 0) is 19.9 Å². The fourth-order valence-corrected chi connectivity index (χ4v) is 1.85. The van der Waals surface area contributed by atoms with Crippen LogP contribution in [0.25, 0.3) is 10.9 Å². The number of nitrogens with zero attached hydrogens (tertiary/aromatic N) is 2. The number of anilines is 1. The van der Waals surface area contributed by atoms with Crippen molar-refractivity contribution < 1.29 is 9.47 Å². The zero-order chi connectivity index (χ0) is 13.8. The monoisotopic (exact) mass is 257 g/mol. The van der Waals surface area contributed by atoms with Gasteiger partial charge in [-0.15, -0.1) is 0 Å². The molecule has 2 N–H and O–H groups in total. The van der Waals surface area contributed by atoms with Gasteiger partial charge in [-0.1, -0.05) is 0 Å². The lowest BCUT2D eigenvalue weighted by atomic mass is 10.1. The minimum atomic E-state index is 0.360. The Kier molecular flexibility index (Phi) is 3.71. The summed E-state index contributed by atoms with van der Waals surface area (Å²) < 4.78 is 11.1. The second-order valence-corrected chi connectivity index (χ2v) is 3.88. The highest BCUT2D eigenvalue weighted by Crippen LogP contribution is 2.35. The van der Waals surface area contributed by atoms with Crippen molar-refractivity contribution in [2.45, 2.75) is 13.8 Å². The largest absolute Gasteiger partial charge is 0.490 e. The van der Waals surface area contributed by atoms with Gasteiger partial charge in [0.25, 0.3) is 0 Å². The molecule has 2 aromatic rings. The lowest BCUT2D eigenvalue weighted by Crippen LogP contribution is -2.00. The predicted octanol–water partition coefficient (Wildman–Crippen LogP) is 2.49. The number of pyridine rings is 1. The van der Waals surface area contributed by atoms with Gasteiger partial charge in [0.15, 0.2) is 11.5 Å².